The van der Waals surface area contributed by atoms with E-state index in [4.69, 9.17) is 4.74 Å². The summed E-state index contributed by atoms with van der Waals surface area (Å²) in [4.78, 5) is 0. The van der Waals surface area contributed by atoms with Crippen LogP contribution in [0.25, 0.3) is 43.1 Å². The fourth-order valence-electron chi connectivity index (χ4n) is 3.84. The first kappa shape index (κ1) is 16.1. The second kappa shape index (κ2) is 6.57. The van der Waals surface area contributed by atoms with Gasteiger partial charge in [-0.05, 0) is 51.0 Å². The van der Waals surface area contributed by atoms with Crippen LogP contribution >= 0.6 is 11.3 Å². The lowest BCUT2D eigenvalue weighted by molar-refractivity contribution is 0.415. The van der Waals surface area contributed by atoms with E-state index in [0.717, 1.165) is 5.75 Å². The van der Waals surface area contributed by atoms with E-state index < -0.39 is 0 Å². The Morgan fingerprint density at radius 1 is 0.630 bits per heavy atom. The molecule has 1 heterocycles. The third kappa shape index (κ3) is 2.61. The number of fused-ring (bicyclic) bond motifs is 3. The van der Waals surface area contributed by atoms with Gasteiger partial charge in [-0.1, -0.05) is 66.7 Å². The van der Waals surface area contributed by atoms with Crippen molar-refractivity contribution in [1.29, 1.82) is 0 Å². The van der Waals surface area contributed by atoms with Crippen molar-refractivity contribution in [2.75, 3.05) is 7.11 Å². The maximum absolute atomic E-state index is 5.55. The van der Waals surface area contributed by atoms with Gasteiger partial charge < -0.3 is 4.74 Å². The molecule has 0 unspecified atom stereocenters. The van der Waals surface area contributed by atoms with Crippen LogP contribution < -0.4 is 4.74 Å². The van der Waals surface area contributed by atoms with Crippen molar-refractivity contribution in [2.45, 2.75) is 0 Å². The molecule has 0 saturated carbocycles. The second-order valence-electron chi connectivity index (χ2n) is 6.56. The number of methoxy groups -OCH3 is 1. The Hall–Kier alpha value is -3.10. The minimum atomic E-state index is 0.883. The van der Waals surface area contributed by atoms with Crippen LogP contribution in [0, 0.1) is 0 Å². The van der Waals surface area contributed by atoms with E-state index >= 15 is 0 Å². The quantitative estimate of drug-likeness (QED) is 0.323. The SMILES string of the molecule is COc1ccc2c(c1)c(-c1ccccc1)c(-c1ccccc1)c1sccc12. The van der Waals surface area contributed by atoms with Crippen molar-refractivity contribution in [3.05, 3.63) is 90.3 Å². The van der Waals surface area contributed by atoms with E-state index in [1.54, 1.807) is 7.11 Å². The molecule has 0 atom stereocenters. The van der Waals surface area contributed by atoms with Crippen LogP contribution in [0.15, 0.2) is 90.3 Å². The van der Waals surface area contributed by atoms with Crippen molar-refractivity contribution in [3.63, 3.8) is 0 Å². The number of thiophene rings is 1. The summed E-state index contributed by atoms with van der Waals surface area (Å²) in [7, 11) is 1.73. The molecule has 0 aliphatic heterocycles. The standard InChI is InChI=1S/C25H18OS/c1-26-19-12-13-20-21-14-15-27-25(21)24(18-10-6-3-7-11-18)23(22(20)16-19)17-8-4-2-5-9-17/h2-16H,1H3. The summed E-state index contributed by atoms with van der Waals surface area (Å²) in [6, 6.07) is 30.0. The largest absolute Gasteiger partial charge is 0.497 e. The van der Waals surface area contributed by atoms with Gasteiger partial charge in [0.25, 0.3) is 0 Å². The highest BCUT2D eigenvalue weighted by molar-refractivity contribution is 7.18. The van der Waals surface area contributed by atoms with E-state index in [0.29, 0.717) is 0 Å². The van der Waals surface area contributed by atoms with Crippen LogP contribution in [-0.4, -0.2) is 7.11 Å². The molecule has 0 N–H and O–H groups in total. The first-order valence-corrected chi connectivity index (χ1v) is 9.86. The molecule has 1 nitrogen and oxygen atoms in total. The van der Waals surface area contributed by atoms with Gasteiger partial charge in [0.1, 0.15) is 5.75 Å². The summed E-state index contributed by atoms with van der Waals surface area (Å²) in [5, 5.41) is 5.99. The van der Waals surface area contributed by atoms with Crippen LogP contribution in [-0.2, 0) is 0 Å². The van der Waals surface area contributed by atoms with Gasteiger partial charge in [0.15, 0.2) is 0 Å². The molecule has 0 amide bonds. The maximum atomic E-state index is 5.55. The number of hydrogen-bond donors (Lipinski definition) is 0. The fraction of sp³-hybridized carbons (Fsp3) is 0.0400. The molecule has 27 heavy (non-hydrogen) atoms. The van der Waals surface area contributed by atoms with Gasteiger partial charge in [0.05, 0.1) is 7.11 Å². The van der Waals surface area contributed by atoms with E-state index in [2.05, 4.69) is 90.3 Å². The molecule has 0 aliphatic carbocycles. The van der Waals surface area contributed by atoms with Gasteiger partial charge in [-0.15, -0.1) is 11.3 Å². The zero-order valence-electron chi connectivity index (χ0n) is 15.0. The molecular formula is C25H18OS. The summed E-state index contributed by atoms with van der Waals surface area (Å²) in [6.07, 6.45) is 0. The lowest BCUT2D eigenvalue weighted by Gasteiger charge is -2.17. The summed E-state index contributed by atoms with van der Waals surface area (Å²) >= 11 is 1.81. The maximum Gasteiger partial charge on any atom is 0.119 e. The van der Waals surface area contributed by atoms with Crippen LogP contribution in [0.2, 0.25) is 0 Å². The zero-order valence-corrected chi connectivity index (χ0v) is 15.8. The molecule has 0 bridgehead atoms. The molecule has 5 aromatic rings. The average Bonchev–Trinajstić information content (AvgIpc) is 3.23. The monoisotopic (exact) mass is 366 g/mol. The van der Waals surface area contributed by atoms with Gasteiger partial charge in [-0.3, -0.25) is 0 Å². The van der Waals surface area contributed by atoms with Gasteiger partial charge in [0.2, 0.25) is 0 Å². The van der Waals surface area contributed by atoms with Crippen molar-refractivity contribution in [2.24, 2.45) is 0 Å². The smallest absolute Gasteiger partial charge is 0.119 e. The van der Waals surface area contributed by atoms with Crippen LogP contribution in [0.1, 0.15) is 0 Å². The Bertz CT molecular complexity index is 1240. The van der Waals surface area contributed by atoms with Gasteiger partial charge >= 0.3 is 0 Å². The molecule has 5 rings (SSSR count). The summed E-state index contributed by atoms with van der Waals surface area (Å²) in [5.74, 6) is 0.883. The van der Waals surface area contributed by atoms with Crippen molar-refractivity contribution < 1.29 is 4.74 Å². The fourth-order valence-corrected chi connectivity index (χ4v) is 4.82. The Morgan fingerprint density at radius 2 is 1.30 bits per heavy atom. The van der Waals surface area contributed by atoms with Crippen molar-refractivity contribution >= 4 is 32.2 Å². The summed E-state index contributed by atoms with van der Waals surface area (Å²) in [5.41, 5.74) is 5.04. The molecule has 0 saturated heterocycles. The lowest BCUT2D eigenvalue weighted by atomic mass is 9.88. The zero-order chi connectivity index (χ0) is 18.2. The molecule has 130 valence electrons. The minimum Gasteiger partial charge on any atom is -0.497 e. The third-order valence-corrected chi connectivity index (χ3v) is 5.99. The molecule has 0 aliphatic rings. The Morgan fingerprint density at radius 3 is 1.96 bits per heavy atom. The molecular weight excluding hydrogens is 348 g/mol. The molecule has 0 spiro atoms. The lowest BCUT2D eigenvalue weighted by Crippen LogP contribution is -1.91. The Balaban J connectivity index is 2.03. The highest BCUT2D eigenvalue weighted by Gasteiger charge is 2.18. The minimum absolute atomic E-state index is 0.883. The summed E-state index contributed by atoms with van der Waals surface area (Å²) in [6.45, 7) is 0. The number of rotatable bonds is 3. The normalized spacial score (nSPS) is 11.1. The van der Waals surface area contributed by atoms with Crippen molar-refractivity contribution in [1.82, 2.24) is 0 Å². The second-order valence-corrected chi connectivity index (χ2v) is 7.47. The van der Waals surface area contributed by atoms with Gasteiger partial charge in [-0.25, -0.2) is 0 Å². The third-order valence-electron chi connectivity index (χ3n) is 5.05. The highest BCUT2D eigenvalue weighted by atomic mass is 32.1. The summed E-state index contributed by atoms with van der Waals surface area (Å²) < 4.78 is 6.89. The average molecular weight is 366 g/mol. The van der Waals surface area contributed by atoms with Crippen LogP contribution in [0.3, 0.4) is 0 Å². The van der Waals surface area contributed by atoms with E-state index in [1.807, 2.05) is 11.3 Å². The van der Waals surface area contributed by atoms with Crippen LogP contribution in [0.4, 0.5) is 0 Å². The van der Waals surface area contributed by atoms with E-state index in [-0.39, 0.29) is 0 Å². The van der Waals surface area contributed by atoms with E-state index in [9.17, 15) is 0 Å². The Kier molecular flexibility index (Phi) is 3.92. The molecule has 2 heteroatoms. The molecule has 0 radical (unpaired) electrons. The predicted molar refractivity (Wildman–Crippen MR) is 117 cm³/mol. The van der Waals surface area contributed by atoms with E-state index in [1.165, 1.54) is 43.1 Å². The number of ether oxygens (including phenoxy) is 1. The first-order valence-electron chi connectivity index (χ1n) is 8.98. The number of hydrogen-bond acceptors (Lipinski definition) is 2. The van der Waals surface area contributed by atoms with Gasteiger partial charge in [0, 0.05) is 15.6 Å². The van der Waals surface area contributed by atoms with Gasteiger partial charge in [-0.2, -0.15) is 0 Å². The number of benzene rings is 4. The first-order chi connectivity index (χ1) is 13.4. The highest BCUT2D eigenvalue weighted by Crippen LogP contribution is 2.46. The topological polar surface area (TPSA) is 9.23 Å². The molecule has 0 fully saturated rings. The molecule has 1 aromatic heterocycles. The Labute approximate surface area is 162 Å². The van der Waals surface area contributed by atoms with Crippen molar-refractivity contribution in [3.8, 4) is 28.0 Å². The predicted octanol–water partition coefficient (Wildman–Crippen LogP) is 7.40. The molecule has 4 aromatic carbocycles. The van der Waals surface area contributed by atoms with Crippen LogP contribution in [0.5, 0.6) is 5.75 Å².